The van der Waals surface area contributed by atoms with Crippen molar-refractivity contribution in [3.63, 3.8) is 0 Å². The summed E-state index contributed by atoms with van der Waals surface area (Å²) in [5, 5.41) is 3.46. The molecule has 116 valence electrons. The number of hydrogen-bond donors (Lipinski definition) is 2. The number of carbonyl (C=O) groups excluding carboxylic acids is 1. The van der Waals surface area contributed by atoms with Gasteiger partial charge in [0, 0.05) is 29.2 Å². The number of aromatic amines is 1. The molecule has 0 atom stereocenters. The second kappa shape index (κ2) is 7.22. The summed E-state index contributed by atoms with van der Waals surface area (Å²) < 4.78 is 0. The highest BCUT2D eigenvalue weighted by Gasteiger charge is 2.09. The van der Waals surface area contributed by atoms with Crippen LogP contribution in [0.1, 0.15) is 29.1 Å². The van der Waals surface area contributed by atoms with Gasteiger partial charge in [0.1, 0.15) is 5.82 Å². The topological polar surface area (TPSA) is 74.8 Å². The normalized spacial score (nSPS) is 10.5. The third-order valence-electron chi connectivity index (χ3n) is 3.32. The number of H-pyrrole nitrogens is 1. The molecule has 1 amide bonds. The van der Waals surface area contributed by atoms with E-state index in [1.165, 1.54) is 0 Å². The quantitative estimate of drug-likeness (QED) is 0.888. The lowest BCUT2D eigenvalue weighted by atomic mass is 10.1. The van der Waals surface area contributed by atoms with E-state index in [0.717, 1.165) is 5.56 Å². The smallest absolute Gasteiger partial charge is 0.254 e. The minimum absolute atomic E-state index is 0.112. The van der Waals surface area contributed by atoms with Crippen molar-refractivity contribution < 1.29 is 4.79 Å². The molecule has 0 saturated carbocycles. The number of amides is 1. The number of carbonyl (C=O) groups is 1. The van der Waals surface area contributed by atoms with Crippen molar-refractivity contribution in [2.24, 2.45) is 0 Å². The first-order valence-electron chi connectivity index (χ1n) is 7.03. The van der Waals surface area contributed by atoms with Gasteiger partial charge in [0.05, 0.1) is 0 Å². The van der Waals surface area contributed by atoms with Crippen LogP contribution in [0, 0.1) is 13.8 Å². The summed E-state index contributed by atoms with van der Waals surface area (Å²) in [7, 11) is 0. The summed E-state index contributed by atoms with van der Waals surface area (Å²) in [5.74, 6) is 0.469. The fraction of sp³-hybridized carbons (Fsp3) is 0.312. The van der Waals surface area contributed by atoms with Gasteiger partial charge in [0.15, 0.2) is 0 Å². The summed E-state index contributed by atoms with van der Waals surface area (Å²) in [6.07, 6.45) is 0.616. The molecule has 0 fully saturated rings. The summed E-state index contributed by atoms with van der Waals surface area (Å²) in [4.78, 5) is 30.6. The van der Waals surface area contributed by atoms with Gasteiger partial charge < -0.3 is 10.3 Å². The van der Waals surface area contributed by atoms with Gasteiger partial charge in [0.2, 0.25) is 5.91 Å². The van der Waals surface area contributed by atoms with Crippen LogP contribution < -0.4 is 10.9 Å². The minimum Gasteiger partial charge on any atom is -0.352 e. The van der Waals surface area contributed by atoms with E-state index < -0.39 is 0 Å². The van der Waals surface area contributed by atoms with E-state index in [1.54, 1.807) is 26.0 Å². The van der Waals surface area contributed by atoms with Gasteiger partial charge in [-0.25, -0.2) is 4.98 Å². The molecule has 2 N–H and O–H groups in total. The van der Waals surface area contributed by atoms with Gasteiger partial charge in [-0.05, 0) is 38.0 Å². The fourth-order valence-corrected chi connectivity index (χ4v) is 2.43. The molecule has 5 nitrogen and oxygen atoms in total. The molecule has 2 rings (SSSR count). The first-order chi connectivity index (χ1) is 10.5. The Morgan fingerprint density at radius 1 is 1.36 bits per heavy atom. The van der Waals surface area contributed by atoms with E-state index in [1.807, 2.05) is 12.1 Å². The summed E-state index contributed by atoms with van der Waals surface area (Å²) in [6, 6.07) is 7.32. The van der Waals surface area contributed by atoms with Gasteiger partial charge in [-0.1, -0.05) is 23.7 Å². The molecule has 0 spiro atoms. The molecule has 0 aliphatic carbocycles. The van der Waals surface area contributed by atoms with Crippen molar-refractivity contribution in [2.45, 2.75) is 33.2 Å². The number of rotatable bonds is 5. The standard InChI is InChI=1S/C16H18ClN3O2/c1-10-14(16(22)20-11(2)19-10)6-7-15(21)18-9-12-4-3-5-13(17)8-12/h3-5,8H,6-7,9H2,1-2H3,(H,18,21)(H,19,20,22). The largest absolute Gasteiger partial charge is 0.352 e. The lowest BCUT2D eigenvalue weighted by Gasteiger charge is -2.07. The van der Waals surface area contributed by atoms with Crippen LogP contribution in [0.3, 0.4) is 0 Å². The van der Waals surface area contributed by atoms with Gasteiger partial charge in [-0.3, -0.25) is 9.59 Å². The van der Waals surface area contributed by atoms with E-state index >= 15 is 0 Å². The maximum atomic E-state index is 11.9. The zero-order valence-corrected chi connectivity index (χ0v) is 13.3. The van der Waals surface area contributed by atoms with Crippen LogP contribution in [0.5, 0.6) is 0 Å². The molecule has 6 heteroatoms. The van der Waals surface area contributed by atoms with Crippen LogP contribution >= 0.6 is 11.6 Å². The first kappa shape index (κ1) is 16.2. The van der Waals surface area contributed by atoms with Crippen LogP contribution in [0.2, 0.25) is 5.02 Å². The number of nitrogens with one attached hydrogen (secondary N) is 2. The van der Waals surface area contributed by atoms with E-state index in [4.69, 9.17) is 11.6 Å². The Hall–Kier alpha value is -2.14. The van der Waals surface area contributed by atoms with E-state index in [9.17, 15) is 9.59 Å². The van der Waals surface area contributed by atoms with Crippen LogP contribution in [0.4, 0.5) is 0 Å². The second-order valence-electron chi connectivity index (χ2n) is 5.12. The molecule has 0 aliphatic heterocycles. The predicted molar refractivity (Wildman–Crippen MR) is 86.0 cm³/mol. The maximum Gasteiger partial charge on any atom is 0.254 e. The highest BCUT2D eigenvalue weighted by molar-refractivity contribution is 6.30. The molecule has 1 aromatic heterocycles. The minimum atomic E-state index is -0.173. The fourth-order valence-electron chi connectivity index (χ4n) is 2.22. The number of benzene rings is 1. The Labute approximate surface area is 133 Å². The summed E-state index contributed by atoms with van der Waals surface area (Å²) in [6.45, 7) is 3.93. The van der Waals surface area contributed by atoms with Gasteiger partial charge in [-0.15, -0.1) is 0 Å². The number of halogens is 1. The Morgan fingerprint density at radius 2 is 2.14 bits per heavy atom. The molecule has 0 radical (unpaired) electrons. The third kappa shape index (κ3) is 4.43. The van der Waals surface area contributed by atoms with Crippen molar-refractivity contribution in [1.29, 1.82) is 0 Å². The van der Waals surface area contributed by atoms with Gasteiger partial charge >= 0.3 is 0 Å². The number of aryl methyl sites for hydroxylation is 2. The van der Waals surface area contributed by atoms with Crippen LogP contribution in [0.15, 0.2) is 29.1 Å². The molecule has 1 aromatic carbocycles. The molecule has 1 heterocycles. The average Bonchev–Trinajstić information content (AvgIpc) is 2.44. The highest BCUT2D eigenvalue weighted by Crippen LogP contribution is 2.10. The number of nitrogens with zero attached hydrogens (tertiary/aromatic N) is 1. The molecular weight excluding hydrogens is 302 g/mol. The molecule has 22 heavy (non-hydrogen) atoms. The Bertz CT molecular complexity index is 740. The number of aromatic nitrogens is 2. The Balaban J connectivity index is 1.90. The van der Waals surface area contributed by atoms with Crippen LogP contribution in [-0.2, 0) is 17.8 Å². The molecule has 0 aliphatic rings. The maximum absolute atomic E-state index is 11.9. The van der Waals surface area contributed by atoms with Crippen molar-refractivity contribution >= 4 is 17.5 Å². The second-order valence-corrected chi connectivity index (χ2v) is 5.56. The molecule has 2 aromatic rings. The zero-order chi connectivity index (χ0) is 16.1. The van der Waals surface area contributed by atoms with E-state index in [-0.39, 0.29) is 17.9 Å². The van der Waals surface area contributed by atoms with E-state index in [2.05, 4.69) is 15.3 Å². The van der Waals surface area contributed by atoms with Gasteiger partial charge in [0.25, 0.3) is 5.56 Å². The molecular formula is C16H18ClN3O2. The first-order valence-corrected chi connectivity index (χ1v) is 7.41. The van der Waals surface area contributed by atoms with Crippen molar-refractivity contribution in [3.05, 3.63) is 62.3 Å². The monoisotopic (exact) mass is 319 g/mol. The van der Waals surface area contributed by atoms with Crippen LogP contribution in [0.25, 0.3) is 0 Å². The average molecular weight is 320 g/mol. The van der Waals surface area contributed by atoms with Gasteiger partial charge in [-0.2, -0.15) is 0 Å². The Kier molecular flexibility index (Phi) is 5.33. The summed E-state index contributed by atoms with van der Waals surface area (Å²) in [5.41, 5.74) is 1.99. The van der Waals surface area contributed by atoms with Crippen molar-refractivity contribution in [3.8, 4) is 0 Å². The number of hydrogen-bond acceptors (Lipinski definition) is 3. The lowest BCUT2D eigenvalue weighted by molar-refractivity contribution is -0.121. The van der Waals surface area contributed by atoms with E-state index in [0.29, 0.717) is 35.1 Å². The molecule has 0 unspecified atom stereocenters. The van der Waals surface area contributed by atoms with Crippen molar-refractivity contribution in [1.82, 2.24) is 15.3 Å². The zero-order valence-electron chi connectivity index (χ0n) is 12.6. The Morgan fingerprint density at radius 3 is 2.82 bits per heavy atom. The van der Waals surface area contributed by atoms with Crippen molar-refractivity contribution in [2.75, 3.05) is 0 Å². The molecule has 0 saturated heterocycles. The summed E-state index contributed by atoms with van der Waals surface area (Å²) >= 11 is 5.89. The highest BCUT2D eigenvalue weighted by atomic mass is 35.5. The predicted octanol–water partition coefficient (Wildman–Crippen LogP) is 2.29. The van der Waals surface area contributed by atoms with Crippen LogP contribution in [-0.4, -0.2) is 15.9 Å². The lowest BCUT2D eigenvalue weighted by Crippen LogP contribution is -2.25. The third-order valence-corrected chi connectivity index (χ3v) is 3.56. The molecule has 0 bridgehead atoms. The SMILES string of the molecule is Cc1nc(C)c(CCC(=O)NCc2cccc(Cl)c2)c(=O)[nH]1.